The van der Waals surface area contributed by atoms with Crippen LogP contribution in [0.2, 0.25) is 0 Å². The molecule has 0 radical (unpaired) electrons. The molecule has 216 valence electrons. The molecule has 1 aromatic rings. The maximum atomic E-state index is 13.0. The number of amides is 2. The van der Waals surface area contributed by atoms with Crippen molar-refractivity contribution in [3.8, 4) is 5.75 Å². The Morgan fingerprint density at radius 3 is 2.11 bits per heavy atom. The van der Waals surface area contributed by atoms with Crippen LogP contribution in [0.3, 0.4) is 0 Å². The van der Waals surface area contributed by atoms with E-state index in [1.54, 1.807) is 31.3 Å². The molecule has 0 spiro atoms. The highest BCUT2D eigenvalue weighted by atomic mass is 16.6. The van der Waals surface area contributed by atoms with Gasteiger partial charge in [0, 0.05) is 33.1 Å². The SMILES string of the molecule is [2H]C(=O)OC(CCCC(=O)N(CCCCC)CCCCCC)c1ccc(OC(=O)N(C)CCCN(C)C)cc1. The van der Waals surface area contributed by atoms with E-state index in [1.165, 1.54) is 11.3 Å². The van der Waals surface area contributed by atoms with Crippen LogP contribution in [0.1, 0.15) is 97.5 Å². The molecule has 0 aromatic heterocycles. The van der Waals surface area contributed by atoms with Crippen LogP contribution >= 0.6 is 0 Å². The zero-order chi connectivity index (χ0) is 29.0. The summed E-state index contributed by atoms with van der Waals surface area (Å²) in [5, 5.41) is 0. The fourth-order valence-corrected chi connectivity index (χ4v) is 4.24. The number of rotatable bonds is 20. The van der Waals surface area contributed by atoms with Gasteiger partial charge in [-0.1, -0.05) is 58.1 Å². The Morgan fingerprint density at radius 1 is 0.868 bits per heavy atom. The third-order valence-corrected chi connectivity index (χ3v) is 6.58. The van der Waals surface area contributed by atoms with E-state index in [4.69, 9.17) is 10.8 Å². The van der Waals surface area contributed by atoms with E-state index in [9.17, 15) is 14.4 Å². The number of benzene rings is 1. The molecule has 0 N–H and O–H groups in total. The van der Waals surface area contributed by atoms with Gasteiger partial charge < -0.3 is 24.2 Å². The summed E-state index contributed by atoms with van der Waals surface area (Å²) in [6.45, 7) is 7.38. The summed E-state index contributed by atoms with van der Waals surface area (Å²) >= 11 is 0. The molecule has 0 saturated heterocycles. The predicted molar refractivity (Wildman–Crippen MR) is 152 cm³/mol. The number of carbonyl (C=O) groups excluding carboxylic acids is 3. The highest BCUT2D eigenvalue weighted by Crippen LogP contribution is 2.25. The van der Waals surface area contributed by atoms with Crippen molar-refractivity contribution in [1.29, 1.82) is 0 Å². The lowest BCUT2D eigenvalue weighted by Gasteiger charge is -2.23. The monoisotopic (exact) mass is 534 g/mol. The molecule has 1 rings (SSSR count). The van der Waals surface area contributed by atoms with Crippen LogP contribution in [0.5, 0.6) is 5.75 Å². The standard InChI is InChI=1S/C30H51N3O5/c1-6-8-10-12-24-33(23-11-9-7-2)29(35)16-13-15-28(37-25-34)26-17-19-27(20-18-26)38-30(36)32(5)22-14-21-31(3)4/h17-20,25,28H,6-16,21-24H2,1-5H3/i25D. The van der Waals surface area contributed by atoms with Crippen LogP contribution in [-0.4, -0.2) is 80.5 Å². The van der Waals surface area contributed by atoms with Crippen LogP contribution in [0.15, 0.2) is 24.3 Å². The minimum absolute atomic E-state index is 0.135. The maximum absolute atomic E-state index is 13.0. The molecule has 1 unspecified atom stereocenters. The van der Waals surface area contributed by atoms with Crippen LogP contribution in [0.25, 0.3) is 0 Å². The maximum Gasteiger partial charge on any atom is 0.414 e. The van der Waals surface area contributed by atoms with Crippen molar-refractivity contribution < 1.29 is 25.2 Å². The molecular formula is C30H51N3O5. The molecule has 1 atom stereocenters. The summed E-state index contributed by atoms with van der Waals surface area (Å²) in [5.41, 5.74) is 0.696. The van der Waals surface area contributed by atoms with Gasteiger partial charge in [-0.3, -0.25) is 9.59 Å². The Bertz CT molecular complexity index is 834. The third kappa shape index (κ3) is 14.4. The Hall–Kier alpha value is -2.61. The van der Waals surface area contributed by atoms with Crippen molar-refractivity contribution in [2.45, 2.75) is 90.6 Å². The first-order valence-electron chi connectivity index (χ1n) is 14.8. The first kappa shape index (κ1) is 31.6. The zero-order valence-electron chi connectivity index (χ0n) is 25.4. The van der Waals surface area contributed by atoms with E-state index in [0.29, 0.717) is 37.1 Å². The van der Waals surface area contributed by atoms with Gasteiger partial charge in [0.25, 0.3) is 6.45 Å². The van der Waals surface area contributed by atoms with Gasteiger partial charge in [0.15, 0.2) is 1.37 Å². The van der Waals surface area contributed by atoms with E-state index in [-0.39, 0.29) is 5.91 Å². The molecule has 0 aliphatic rings. The molecular weight excluding hydrogens is 482 g/mol. The highest BCUT2D eigenvalue weighted by molar-refractivity contribution is 5.76. The molecule has 0 bridgehead atoms. The van der Waals surface area contributed by atoms with Gasteiger partial charge >= 0.3 is 6.09 Å². The molecule has 0 aliphatic carbocycles. The van der Waals surface area contributed by atoms with Gasteiger partial charge in [-0.15, -0.1) is 0 Å². The molecule has 0 aliphatic heterocycles. The molecule has 1 aromatic carbocycles. The molecule has 8 heteroatoms. The van der Waals surface area contributed by atoms with Gasteiger partial charge in [0.1, 0.15) is 11.9 Å². The molecule has 0 heterocycles. The smallest absolute Gasteiger partial charge is 0.414 e. The second-order valence-electron chi connectivity index (χ2n) is 10.2. The van der Waals surface area contributed by atoms with Crippen LogP contribution in [0, 0.1) is 0 Å². The van der Waals surface area contributed by atoms with Gasteiger partial charge in [-0.25, -0.2) is 4.79 Å². The van der Waals surface area contributed by atoms with Gasteiger partial charge in [0.05, 0.1) is 0 Å². The van der Waals surface area contributed by atoms with Crippen LogP contribution < -0.4 is 4.74 Å². The number of unbranched alkanes of at least 4 members (excludes halogenated alkanes) is 5. The van der Waals surface area contributed by atoms with E-state index < -0.39 is 18.6 Å². The van der Waals surface area contributed by atoms with Crippen LogP contribution in [0.4, 0.5) is 4.79 Å². The number of nitrogens with zero attached hydrogens (tertiary/aromatic N) is 3. The van der Waals surface area contributed by atoms with E-state index in [1.807, 2.05) is 19.0 Å². The number of ether oxygens (including phenoxy) is 2. The van der Waals surface area contributed by atoms with Crippen molar-refractivity contribution in [2.24, 2.45) is 0 Å². The lowest BCUT2D eigenvalue weighted by molar-refractivity contribution is -0.134. The lowest BCUT2D eigenvalue weighted by Crippen LogP contribution is -2.33. The minimum atomic E-state index is -1.11. The van der Waals surface area contributed by atoms with Gasteiger partial charge in [0.2, 0.25) is 5.91 Å². The molecule has 8 nitrogen and oxygen atoms in total. The Labute approximate surface area is 232 Å². The second kappa shape index (κ2) is 20.4. The Balaban J connectivity index is 2.68. The molecule has 0 saturated carbocycles. The van der Waals surface area contributed by atoms with Crippen LogP contribution in [-0.2, 0) is 14.3 Å². The number of hydrogen-bond acceptors (Lipinski definition) is 6. The average Bonchev–Trinajstić information content (AvgIpc) is 2.89. The first-order valence-corrected chi connectivity index (χ1v) is 14.3. The van der Waals surface area contributed by atoms with E-state index in [2.05, 4.69) is 18.7 Å². The summed E-state index contributed by atoms with van der Waals surface area (Å²) in [7, 11) is 5.68. The average molecular weight is 535 g/mol. The summed E-state index contributed by atoms with van der Waals surface area (Å²) in [4.78, 5) is 42.4. The molecule has 38 heavy (non-hydrogen) atoms. The molecule has 2 amide bonds. The van der Waals surface area contributed by atoms with Crippen molar-refractivity contribution in [3.05, 3.63) is 29.8 Å². The van der Waals surface area contributed by atoms with Crippen molar-refractivity contribution in [2.75, 3.05) is 47.3 Å². The number of carbonyl (C=O) groups is 3. The predicted octanol–water partition coefficient (Wildman–Crippen LogP) is 6.05. The summed E-state index contributed by atoms with van der Waals surface area (Å²) in [6, 6.07) is 6.77. The number of hydrogen-bond donors (Lipinski definition) is 0. The van der Waals surface area contributed by atoms with Crippen molar-refractivity contribution >= 4 is 18.4 Å². The highest BCUT2D eigenvalue weighted by Gasteiger charge is 2.17. The Morgan fingerprint density at radius 2 is 1.50 bits per heavy atom. The summed E-state index contributed by atoms with van der Waals surface area (Å²) < 4.78 is 18.0. The summed E-state index contributed by atoms with van der Waals surface area (Å²) in [6.07, 6.45) is 7.75. The lowest BCUT2D eigenvalue weighted by atomic mass is 10.0. The van der Waals surface area contributed by atoms with Crippen molar-refractivity contribution in [3.63, 3.8) is 0 Å². The van der Waals surface area contributed by atoms with Gasteiger partial charge in [-0.05, 0) is 70.4 Å². The molecule has 0 fully saturated rings. The second-order valence-corrected chi connectivity index (χ2v) is 10.2. The Kier molecular flexibility index (Phi) is 16.9. The fraction of sp³-hybridized carbons (Fsp3) is 0.700. The first-order chi connectivity index (χ1) is 18.7. The topological polar surface area (TPSA) is 79.4 Å². The van der Waals surface area contributed by atoms with E-state index >= 15 is 0 Å². The zero-order valence-corrected chi connectivity index (χ0v) is 24.4. The minimum Gasteiger partial charge on any atom is -0.460 e. The third-order valence-electron chi connectivity index (χ3n) is 6.58. The summed E-state index contributed by atoms with van der Waals surface area (Å²) in [5.74, 6) is 0.524. The van der Waals surface area contributed by atoms with Crippen molar-refractivity contribution in [1.82, 2.24) is 14.7 Å². The largest absolute Gasteiger partial charge is 0.460 e. The fourth-order valence-electron chi connectivity index (χ4n) is 4.24. The quantitative estimate of drug-likeness (QED) is 0.150. The van der Waals surface area contributed by atoms with E-state index in [0.717, 1.165) is 64.6 Å². The normalized spacial score (nSPS) is 12.1. The van der Waals surface area contributed by atoms with Gasteiger partial charge in [-0.2, -0.15) is 0 Å².